The molecule has 0 saturated carbocycles. The van der Waals surface area contributed by atoms with Crippen LogP contribution in [0.25, 0.3) is 0 Å². The van der Waals surface area contributed by atoms with E-state index in [9.17, 15) is 0 Å². The van der Waals surface area contributed by atoms with Crippen molar-refractivity contribution in [3.63, 3.8) is 0 Å². The molecule has 1 atom stereocenters. The van der Waals surface area contributed by atoms with Crippen LogP contribution in [0.2, 0.25) is 12.9 Å². The Kier molecular flexibility index (Phi) is 3.09. The predicted octanol–water partition coefficient (Wildman–Crippen LogP) is 2.85. The van der Waals surface area contributed by atoms with Crippen LogP contribution < -0.4 is 0 Å². The Balaban J connectivity index is 2.30. The van der Waals surface area contributed by atoms with Gasteiger partial charge < -0.3 is 0 Å². The molecule has 1 aliphatic heterocycles. The molecule has 1 heteroatoms. The summed E-state index contributed by atoms with van der Waals surface area (Å²) in [7, 11) is 0. The van der Waals surface area contributed by atoms with E-state index in [2.05, 4.69) is 19.6 Å². The van der Waals surface area contributed by atoms with Gasteiger partial charge >= 0.3 is 64.9 Å². The van der Waals surface area contributed by atoms with E-state index >= 15 is 0 Å². The third-order valence-electron chi connectivity index (χ3n) is 1.92. The van der Waals surface area contributed by atoms with E-state index in [-0.39, 0.29) is 0 Å². The van der Waals surface area contributed by atoms with Crippen molar-refractivity contribution in [2.75, 3.05) is 0 Å². The second kappa shape index (κ2) is 3.64. The molecule has 1 aliphatic rings. The number of allylic oxidation sites excluding steroid dienone is 1. The second-order valence-corrected chi connectivity index (χ2v) is 10.1. The summed E-state index contributed by atoms with van der Waals surface area (Å²) in [5.74, 6) is 0. The minimum atomic E-state index is -0.574. The Morgan fingerprint density at radius 1 is 1.78 bits per heavy atom. The molecule has 0 aromatic heterocycles. The van der Waals surface area contributed by atoms with Gasteiger partial charge in [-0.25, -0.2) is 0 Å². The molecule has 0 aromatic carbocycles. The minimum absolute atomic E-state index is 0.574. The Labute approximate surface area is 65.0 Å². The predicted molar refractivity (Wildman–Crippen MR) is 44.2 cm³/mol. The average molecular weight is 239 g/mol. The van der Waals surface area contributed by atoms with Crippen molar-refractivity contribution < 1.29 is 0 Å². The molecule has 1 unspecified atom stereocenters. The van der Waals surface area contributed by atoms with Gasteiger partial charge in [0.15, 0.2) is 0 Å². The van der Waals surface area contributed by atoms with Crippen LogP contribution in [0.5, 0.6) is 0 Å². The van der Waals surface area contributed by atoms with Gasteiger partial charge in [0.25, 0.3) is 0 Å². The van der Waals surface area contributed by atoms with E-state index < -0.39 is 19.6 Å². The summed E-state index contributed by atoms with van der Waals surface area (Å²) in [6.07, 6.45) is 5.18. The van der Waals surface area contributed by atoms with E-state index in [4.69, 9.17) is 0 Å². The molecule has 9 heavy (non-hydrogen) atoms. The molecule has 0 N–H and O–H groups in total. The quantitative estimate of drug-likeness (QED) is 0.513. The van der Waals surface area contributed by atoms with Gasteiger partial charge in [0.2, 0.25) is 0 Å². The summed E-state index contributed by atoms with van der Waals surface area (Å²) < 4.78 is 4.15. The van der Waals surface area contributed by atoms with Crippen molar-refractivity contribution in [3.8, 4) is 0 Å². The number of hydrogen-bond acceptors (Lipinski definition) is 0. The van der Waals surface area contributed by atoms with Crippen molar-refractivity contribution in [3.05, 3.63) is 12.7 Å². The molecule has 52 valence electrons. The summed E-state index contributed by atoms with van der Waals surface area (Å²) in [6.45, 7) is 6.24. The molecule has 1 rings (SSSR count). The molecule has 0 radical (unpaired) electrons. The van der Waals surface area contributed by atoms with Crippen LogP contribution in [0, 0.1) is 0 Å². The van der Waals surface area contributed by atoms with Crippen LogP contribution >= 0.6 is 0 Å². The van der Waals surface area contributed by atoms with Gasteiger partial charge in [-0.2, -0.15) is 0 Å². The van der Waals surface area contributed by atoms with Gasteiger partial charge in [0.1, 0.15) is 0 Å². The van der Waals surface area contributed by atoms with E-state index in [1.165, 1.54) is 17.3 Å². The molecule has 1 heterocycles. The first kappa shape index (κ1) is 7.63. The molecule has 0 aromatic rings. The fourth-order valence-electron chi connectivity index (χ4n) is 1.32. The van der Waals surface area contributed by atoms with Crippen molar-refractivity contribution in [2.24, 2.45) is 0 Å². The monoisotopic (exact) mass is 241 g/mol. The first-order valence-corrected chi connectivity index (χ1v) is 8.26. The molecule has 1 saturated heterocycles. The fourth-order valence-corrected chi connectivity index (χ4v) is 7.71. The fraction of sp³-hybridized carbons (Fsp3) is 0.750. The van der Waals surface area contributed by atoms with E-state index in [0.717, 1.165) is 3.97 Å². The van der Waals surface area contributed by atoms with E-state index in [1.807, 2.05) is 0 Å². The summed E-state index contributed by atoms with van der Waals surface area (Å²) >= 11 is -0.574. The van der Waals surface area contributed by atoms with Crippen LogP contribution in [0.1, 0.15) is 19.8 Å². The Hall–Kier alpha value is 0.530. The zero-order valence-electron chi connectivity index (χ0n) is 6.10. The van der Waals surface area contributed by atoms with Crippen molar-refractivity contribution in [1.29, 1.82) is 0 Å². The summed E-state index contributed by atoms with van der Waals surface area (Å²) in [6, 6.07) is 0. The summed E-state index contributed by atoms with van der Waals surface area (Å²) in [5.41, 5.74) is 0. The number of rotatable bonds is 2. The van der Waals surface area contributed by atoms with Crippen LogP contribution in [0.3, 0.4) is 0 Å². The van der Waals surface area contributed by atoms with E-state index in [0.29, 0.717) is 0 Å². The third kappa shape index (κ3) is 1.99. The maximum atomic E-state index is 3.80. The Morgan fingerprint density at radius 2 is 2.56 bits per heavy atom. The number of hydrogen-bond donors (Lipinski definition) is 0. The van der Waals surface area contributed by atoms with Crippen LogP contribution in [-0.2, 0) is 0 Å². The Bertz CT molecular complexity index is 98.7. The second-order valence-electron chi connectivity index (χ2n) is 2.65. The molecule has 1 fully saturated rings. The summed E-state index contributed by atoms with van der Waals surface area (Å²) in [4.78, 5) is 0. The van der Waals surface area contributed by atoms with Gasteiger partial charge in [-0.15, -0.1) is 0 Å². The summed E-state index contributed by atoms with van der Waals surface area (Å²) in [5, 5.41) is 0. The van der Waals surface area contributed by atoms with Crippen LogP contribution in [0.15, 0.2) is 12.7 Å². The first-order chi connectivity index (χ1) is 4.34. The standard InChI is InChI=1S/C8H15Te/c1-3-6-9-7-4-5-8(9)2/h3,8H,1,4-7H2,2H3/q+1. The Morgan fingerprint density at radius 3 is 3.00 bits per heavy atom. The zero-order chi connectivity index (χ0) is 6.69. The zero-order valence-corrected chi connectivity index (χ0v) is 8.43. The van der Waals surface area contributed by atoms with Gasteiger partial charge in [0.05, 0.1) is 0 Å². The van der Waals surface area contributed by atoms with Gasteiger partial charge in [-0.1, -0.05) is 0 Å². The molecule has 0 bridgehead atoms. The molecule has 0 spiro atoms. The van der Waals surface area contributed by atoms with Gasteiger partial charge in [-0.3, -0.25) is 0 Å². The molecular weight excluding hydrogens is 224 g/mol. The molecule has 0 aliphatic carbocycles. The van der Waals surface area contributed by atoms with Crippen molar-refractivity contribution in [2.45, 2.75) is 32.7 Å². The van der Waals surface area contributed by atoms with Gasteiger partial charge in [0, 0.05) is 0 Å². The third-order valence-corrected chi connectivity index (χ3v) is 10.1. The van der Waals surface area contributed by atoms with Crippen LogP contribution in [-0.4, -0.2) is 19.6 Å². The van der Waals surface area contributed by atoms with Crippen molar-refractivity contribution in [1.82, 2.24) is 0 Å². The topological polar surface area (TPSA) is 0 Å². The van der Waals surface area contributed by atoms with Crippen LogP contribution in [0.4, 0.5) is 0 Å². The average Bonchev–Trinajstić information content (AvgIpc) is 2.18. The van der Waals surface area contributed by atoms with Crippen molar-refractivity contribution >= 4 is 19.6 Å². The van der Waals surface area contributed by atoms with E-state index in [1.54, 1.807) is 4.47 Å². The normalized spacial score (nSPS) is 28.8. The van der Waals surface area contributed by atoms with Gasteiger partial charge in [-0.05, 0) is 0 Å². The molecule has 0 nitrogen and oxygen atoms in total. The first-order valence-electron chi connectivity index (χ1n) is 3.62. The SMILES string of the molecule is C=CC[Te+]1CCCC1C. The molecule has 0 amide bonds. The maximum absolute atomic E-state index is 3.80. The molecular formula is C8H15Te+.